The third kappa shape index (κ3) is 9.14. The zero-order valence-corrected chi connectivity index (χ0v) is 17.2. The minimum Gasteiger partial charge on any atom is -0.462 e. The maximum Gasteiger partial charge on any atom is 0.293 e. The van der Waals surface area contributed by atoms with Crippen LogP contribution in [-0.4, -0.2) is 65.4 Å². The number of allylic oxidation sites excluding steroid dienone is 1. The second kappa shape index (κ2) is 11.2. The predicted octanol–water partition coefficient (Wildman–Crippen LogP) is 1.97. The number of nitrogen functional groups attached to an aromatic ring is 1. The molecule has 2 heterocycles. The Balaban J connectivity index is 0.000000445. The number of ether oxygens (including phenoxy) is 1. The Labute approximate surface area is 169 Å². The Morgan fingerprint density at radius 1 is 1.26 bits per heavy atom. The molecule has 0 radical (unpaired) electrons. The topological polar surface area (TPSA) is 110 Å². The van der Waals surface area contributed by atoms with E-state index in [1.807, 2.05) is 20.8 Å². The number of hydrogen-bond acceptors (Lipinski definition) is 8. The molecule has 0 atom stereocenters. The molecule has 1 aromatic rings. The molecule has 1 fully saturated rings. The van der Waals surface area contributed by atoms with Gasteiger partial charge >= 0.3 is 0 Å². The molecule has 1 aromatic heterocycles. The van der Waals surface area contributed by atoms with Gasteiger partial charge in [0.1, 0.15) is 15.9 Å². The minimum atomic E-state index is -0.324. The van der Waals surface area contributed by atoms with Crippen molar-refractivity contribution in [2.45, 2.75) is 26.4 Å². The molecule has 0 unspecified atom stereocenters. The number of hydrogen-bond donors (Lipinski definition) is 2. The van der Waals surface area contributed by atoms with Gasteiger partial charge in [0.25, 0.3) is 6.47 Å². The molecular formula is C17H25Cl2N5O3. The third-order valence-electron chi connectivity index (χ3n) is 3.33. The van der Waals surface area contributed by atoms with E-state index in [9.17, 15) is 9.59 Å². The molecule has 0 spiro atoms. The van der Waals surface area contributed by atoms with Crippen LogP contribution in [0.1, 0.15) is 31.1 Å². The summed E-state index contributed by atoms with van der Waals surface area (Å²) in [6.45, 7) is 10.5. The second-order valence-electron chi connectivity index (χ2n) is 6.68. The number of piperazine rings is 1. The summed E-state index contributed by atoms with van der Waals surface area (Å²) < 4.78 is 4.55. The lowest BCUT2D eigenvalue weighted by molar-refractivity contribution is -0.138. The molecule has 1 saturated heterocycles. The molecule has 0 aromatic carbocycles. The first-order chi connectivity index (χ1) is 12.6. The van der Waals surface area contributed by atoms with Crippen molar-refractivity contribution in [3.63, 3.8) is 0 Å². The lowest BCUT2D eigenvalue weighted by Crippen LogP contribution is -2.43. The lowest BCUT2D eigenvalue weighted by Gasteiger charge is -2.25. The number of rotatable bonds is 5. The Morgan fingerprint density at radius 3 is 2.26 bits per heavy atom. The average Bonchev–Trinajstić information content (AvgIpc) is 2.54. The van der Waals surface area contributed by atoms with Gasteiger partial charge in [0.2, 0.25) is 5.95 Å². The highest BCUT2D eigenvalue weighted by Crippen LogP contribution is 2.22. The first-order valence-electron chi connectivity index (χ1n) is 8.38. The SMILES string of the molecule is CC(C)(C)OC=O.Nc1nc(Cl)c(C(=O)C=CCN2CCNCC2)c(Cl)n1. The van der Waals surface area contributed by atoms with Gasteiger partial charge in [0, 0.05) is 32.7 Å². The van der Waals surface area contributed by atoms with Crippen molar-refractivity contribution in [2.24, 2.45) is 0 Å². The van der Waals surface area contributed by atoms with Crippen LogP contribution in [-0.2, 0) is 9.53 Å². The summed E-state index contributed by atoms with van der Waals surface area (Å²) in [4.78, 5) is 31.3. The van der Waals surface area contributed by atoms with E-state index in [2.05, 4.69) is 24.9 Å². The highest BCUT2D eigenvalue weighted by molar-refractivity contribution is 6.39. The number of nitrogens with one attached hydrogen (secondary N) is 1. The number of halogens is 2. The lowest BCUT2D eigenvalue weighted by atomic mass is 10.2. The van der Waals surface area contributed by atoms with E-state index in [0.717, 1.165) is 26.2 Å². The maximum atomic E-state index is 12.0. The van der Waals surface area contributed by atoms with Crippen LogP contribution in [0.2, 0.25) is 10.3 Å². The number of nitrogens with zero attached hydrogens (tertiary/aromatic N) is 3. The number of ketones is 1. The molecule has 10 heteroatoms. The van der Waals surface area contributed by atoms with E-state index >= 15 is 0 Å². The number of nitrogens with two attached hydrogens (primary N) is 1. The van der Waals surface area contributed by atoms with Crippen molar-refractivity contribution < 1.29 is 14.3 Å². The molecular weight excluding hydrogens is 393 g/mol. The molecule has 27 heavy (non-hydrogen) atoms. The fourth-order valence-electron chi connectivity index (χ4n) is 2.06. The summed E-state index contributed by atoms with van der Waals surface area (Å²) in [6.07, 6.45) is 3.23. The molecule has 8 nitrogen and oxygen atoms in total. The fraction of sp³-hybridized carbons (Fsp3) is 0.529. The predicted molar refractivity (Wildman–Crippen MR) is 106 cm³/mol. The van der Waals surface area contributed by atoms with E-state index in [0.29, 0.717) is 13.0 Å². The van der Waals surface area contributed by atoms with Gasteiger partial charge in [-0.2, -0.15) is 0 Å². The van der Waals surface area contributed by atoms with Crippen LogP contribution < -0.4 is 11.1 Å². The van der Waals surface area contributed by atoms with E-state index in [4.69, 9.17) is 28.9 Å². The van der Waals surface area contributed by atoms with Gasteiger partial charge < -0.3 is 15.8 Å². The van der Waals surface area contributed by atoms with Gasteiger partial charge in [-0.3, -0.25) is 14.5 Å². The van der Waals surface area contributed by atoms with E-state index in [1.54, 1.807) is 6.08 Å². The minimum absolute atomic E-state index is 0.0284. The summed E-state index contributed by atoms with van der Waals surface area (Å²) in [6, 6.07) is 0. The smallest absolute Gasteiger partial charge is 0.293 e. The standard InChI is InChI=1S/C12H15Cl2N5O.C5H10O2/c13-10-9(11(14)18-12(15)17-10)8(20)2-1-5-19-6-3-16-4-7-19;1-5(2,3)7-4-6/h1-2,16H,3-7H2,(H2,15,17,18);4H,1-3H3. The van der Waals surface area contributed by atoms with Crippen molar-refractivity contribution in [3.8, 4) is 0 Å². The Hall–Kier alpha value is -1.74. The van der Waals surface area contributed by atoms with Crippen molar-refractivity contribution in [1.82, 2.24) is 20.2 Å². The van der Waals surface area contributed by atoms with E-state index in [-0.39, 0.29) is 33.2 Å². The number of carbonyl (C=O) groups excluding carboxylic acids is 2. The molecule has 0 aliphatic carbocycles. The Kier molecular flexibility index (Phi) is 9.65. The van der Waals surface area contributed by atoms with Gasteiger partial charge in [-0.1, -0.05) is 29.3 Å². The summed E-state index contributed by atoms with van der Waals surface area (Å²) in [5.74, 6) is -0.378. The van der Waals surface area contributed by atoms with Gasteiger partial charge in [-0.25, -0.2) is 9.97 Å². The largest absolute Gasteiger partial charge is 0.462 e. The van der Waals surface area contributed by atoms with E-state index in [1.165, 1.54) is 6.08 Å². The normalized spacial score (nSPS) is 15.1. The highest BCUT2D eigenvalue weighted by Gasteiger charge is 2.16. The quantitative estimate of drug-likeness (QED) is 0.323. The van der Waals surface area contributed by atoms with Crippen molar-refractivity contribution in [2.75, 3.05) is 38.5 Å². The molecule has 150 valence electrons. The molecule has 1 aliphatic heterocycles. The van der Waals surface area contributed by atoms with Crippen LogP contribution in [0.3, 0.4) is 0 Å². The van der Waals surface area contributed by atoms with Crippen LogP contribution in [0.15, 0.2) is 12.2 Å². The van der Waals surface area contributed by atoms with Gasteiger partial charge in [0.15, 0.2) is 5.78 Å². The molecule has 0 saturated carbocycles. The first-order valence-corrected chi connectivity index (χ1v) is 9.13. The first kappa shape index (κ1) is 23.3. The number of aromatic nitrogens is 2. The summed E-state index contributed by atoms with van der Waals surface area (Å²) in [7, 11) is 0. The average molecular weight is 418 g/mol. The number of carbonyl (C=O) groups is 2. The number of anilines is 1. The highest BCUT2D eigenvalue weighted by atomic mass is 35.5. The summed E-state index contributed by atoms with van der Waals surface area (Å²) in [5, 5.41) is 3.21. The van der Waals surface area contributed by atoms with Crippen LogP contribution in [0, 0.1) is 0 Å². The monoisotopic (exact) mass is 417 g/mol. The van der Waals surface area contributed by atoms with Crippen LogP contribution in [0.4, 0.5) is 5.95 Å². The summed E-state index contributed by atoms with van der Waals surface area (Å²) in [5.41, 5.74) is 5.16. The Morgan fingerprint density at radius 2 is 1.81 bits per heavy atom. The third-order valence-corrected chi connectivity index (χ3v) is 3.88. The molecule has 2 rings (SSSR count). The van der Waals surface area contributed by atoms with Gasteiger partial charge in [-0.05, 0) is 26.8 Å². The van der Waals surface area contributed by atoms with Crippen LogP contribution >= 0.6 is 23.2 Å². The van der Waals surface area contributed by atoms with Crippen molar-refractivity contribution in [3.05, 3.63) is 28.0 Å². The molecule has 3 N–H and O–H groups in total. The van der Waals surface area contributed by atoms with Crippen molar-refractivity contribution in [1.29, 1.82) is 0 Å². The molecule has 0 bridgehead atoms. The zero-order valence-electron chi connectivity index (χ0n) is 15.7. The van der Waals surface area contributed by atoms with E-state index < -0.39 is 0 Å². The summed E-state index contributed by atoms with van der Waals surface area (Å²) >= 11 is 11.7. The molecule has 1 aliphatic rings. The van der Waals surface area contributed by atoms with Crippen LogP contribution in [0.5, 0.6) is 0 Å². The Bertz CT molecular complexity index is 648. The van der Waals surface area contributed by atoms with Crippen molar-refractivity contribution >= 4 is 41.4 Å². The second-order valence-corrected chi connectivity index (χ2v) is 7.40. The van der Waals surface area contributed by atoms with Crippen LogP contribution in [0.25, 0.3) is 0 Å². The van der Waals surface area contributed by atoms with Gasteiger partial charge in [0.05, 0.1) is 5.56 Å². The molecule has 0 amide bonds. The maximum absolute atomic E-state index is 12.0. The van der Waals surface area contributed by atoms with Gasteiger partial charge in [-0.15, -0.1) is 0 Å². The fourth-order valence-corrected chi connectivity index (χ4v) is 2.64. The zero-order chi connectivity index (χ0) is 20.4.